The lowest BCUT2D eigenvalue weighted by Gasteiger charge is -2.26. The molecule has 0 spiro atoms. The summed E-state index contributed by atoms with van der Waals surface area (Å²) < 4.78 is 4.58. The van der Waals surface area contributed by atoms with Crippen LogP contribution in [0.3, 0.4) is 0 Å². The van der Waals surface area contributed by atoms with Gasteiger partial charge in [-0.15, -0.1) is 0 Å². The molecule has 10 rings (SSSR count). The summed E-state index contributed by atoms with van der Waals surface area (Å²) in [6.07, 6.45) is 5.61. The fourth-order valence-electron chi connectivity index (χ4n) is 8.17. The molecule has 2 heterocycles. The predicted molar refractivity (Wildman–Crippen MR) is 225 cm³/mol. The van der Waals surface area contributed by atoms with Gasteiger partial charge in [0.1, 0.15) is 0 Å². The maximum absolute atomic E-state index is 3.62. The second-order valence-corrected chi connectivity index (χ2v) is 15.5. The van der Waals surface area contributed by atoms with Crippen LogP contribution in [0.5, 0.6) is 0 Å². The second-order valence-electron chi connectivity index (χ2n) is 13.6. The third-order valence-corrected chi connectivity index (χ3v) is 11.7. The Bertz CT molecular complexity index is 2710. The molecule has 2 nitrogen and oxygen atoms in total. The van der Waals surface area contributed by atoms with E-state index in [-0.39, 0.29) is 5.92 Å². The minimum absolute atomic E-state index is 0.260. The molecule has 1 atom stereocenters. The first kappa shape index (κ1) is 31.3. The number of nitrogens with zero attached hydrogens (tertiary/aromatic N) is 2. The van der Waals surface area contributed by atoms with Crippen molar-refractivity contribution in [3.8, 4) is 27.9 Å². The number of hydrogen-bond donors (Lipinski definition) is 0. The summed E-state index contributed by atoms with van der Waals surface area (Å²) >= 11 is 7.22. The largest absolute Gasteiger partial charge is 0.313 e. The summed E-state index contributed by atoms with van der Waals surface area (Å²) in [6, 6.07) is 59.8. The van der Waals surface area contributed by atoms with E-state index in [1.807, 2.05) is 0 Å². The molecular formula is C48H32Br2N2. The standard InChI is InChI=1S/C48H32Br2N2/c49-37-19-11-31(12-20-37)33-15-23-45-41(27-33)43-29-35(17-25-47(43)51(45)39-7-3-1-4-8-39)36-18-26-48-44(30-36)42-28-34(32-13-21-38(50)22-14-32)16-24-46(42)52(48)40-9-5-2-6-10-40/h1-27,29-30,42H,28H2. The highest BCUT2D eigenvalue weighted by Crippen LogP contribution is 2.53. The summed E-state index contributed by atoms with van der Waals surface area (Å²) in [4.78, 5) is 2.46. The highest BCUT2D eigenvalue weighted by Gasteiger charge is 2.36. The Balaban J connectivity index is 1.12. The Morgan fingerprint density at radius 2 is 0.981 bits per heavy atom. The molecule has 0 N–H and O–H groups in total. The minimum atomic E-state index is 0.260. The average molecular weight is 797 g/mol. The van der Waals surface area contributed by atoms with E-state index in [0.29, 0.717) is 0 Å². The topological polar surface area (TPSA) is 8.17 Å². The molecule has 0 fully saturated rings. The molecule has 0 radical (unpaired) electrons. The molecular weight excluding hydrogens is 764 g/mol. The van der Waals surface area contributed by atoms with E-state index >= 15 is 0 Å². The number of anilines is 2. The number of rotatable bonds is 5. The van der Waals surface area contributed by atoms with Crippen molar-refractivity contribution in [2.45, 2.75) is 12.3 Å². The van der Waals surface area contributed by atoms with Crippen LogP contribution in [0.2, 0.25) is 0 Å². The quantitative estimate of drug-likeness (QED) is 0.168. The van der Waals surface area contributed by atoms with Gasteiger partial charge in [0, 0.05) is 48.4 Å². The van der Waals surface area contributed by atoms with Gasteiger partial charge in [-0.2, -0.15) is 0 Å². The van der Waals surface area contributed by atoms with Gasteiger partial charge in [0.05, 0.1) is 11.0 Å². The normalized spacial score (nSPS) is 15.0. The van der Waals surface area contributed by atoms with E-state index in [1.165, 1.54) is 77.8 Å². The van der Waals surface area contributed by atoms with Gasteiger partial charge in [-0.25, -0.2) is 0 Å². The molecule has 2 aliphatic rings. The number of halogens is 2. The average Bonchev–Trinajstić information content (AvgIpc) is 3.70. The Morgan fingerprint density at radius 3 is 1.62 bits per heavy atom. The van der Waals surface area contributed by atoms with Gasteiger partial charge in [0.2, 0.25) is 0 Å². The molecule has 0 saturated carbocycles. The van der Waals surface area contributed by atoms with E-state index in [1.54, 1.807) is 0 Å². The van der Waals surface area contributed by atoms with Crippen LogP contribution in [0.25, 0.3) is 55.3 Å². The zero-order valence-corrected chi connectivity index (χ0v) is 31.3. The van der Waals surface area contributed by atoms with Crippen molar-refractivity contribution in [2.24, 2.45) is 0 Å². The predicted octanol–water partition coefficient (Wildman–Crippen LogP) is 14.2. The monoisotopic (exact) mass is 794 g/mol. The molecule has 8 aromatic rings. The molecule has 0 amide bonds. The Labute approximate surface area is 320 Å². The third kappa shape index (κ3) is 5.28. The van der Waals surface area contributed by atoms with Gasteiger partial charge in [-0.05, 0) is 136 Å². The molecule has 1 aromatic heterocycles. The van der Waals surface area contributed by atoms with Crippen molar-refractivity contribution in [1.29, 1.82) is 0 Å². The van der Waals surface area contributed by atoms with Crippen molar-refractivity contribution >= 4 is 70.6 Å². The smallest absolute Gasteiger partial charge is 0.0541 e. The first-order chi connectivity index (χ1) is 25.6. The molecule has 1 aliphatic heterocycles. The lowest BCUT2D eigenvalue weighted by atomic mass is 9.84. The molecule has 52 heavy (non-hydrogen) atoms. The zero-order valence-electron chi connectivity index (χ0n) is 28.2. The van der Waals surface area contributed by atoms with Crippen LogP contribution >= 0.6 is 31.9 Å². The first-order valence-corrected chi connectivity index (χ1v) is 19.2. The maximum Gasteiger partial charge on any atom is 0.0541 e. The van der Waals surface area contributed by atoms with Crippen LogP contribution in [-0.2, 0) is 0 Å². The SMILES string of the molecule is Brc1ccc(C2=CC=C3C(C2)c2cc(-c4ccc5c(c4)c4cc(-c6ccc(Br)cc6)ccc4n5-c4ccccc4)ccc2N3c2ccccc2)cc1. The number of para-hydroxylation sites is 2. The van der Waals surface area contributed by atoms with Gasteiger partial charge in [0.25, 0.3) is 0 Å². The van der Waals surface area contributed by atoms with Crippen molar-refractivity contribution in [1.82, 2.24) is 4.57 Å². The summed E-state index contributed by atoms with van der Waals surface area (Å²) in [7, 11) is 0. The van der Waals surface area contributed by atoms with Crippen LogP contribution in [0.15, 0.2) is 191 Å². The van der Waals surface area contributed by atoms with Gasteiger partial charge < -0.3 is 9.47 Å². The fourth-order valence-corrected chi connectivity index (χ4v) is 8.70. The Kier molecular flexibility index (Phi) is 7.63. The van der Waals surface area contributed by atoms with E-state index in [0.717, 1.165) is 21.1 Å². The summed E-state index contributed by atoms with van der Waals surface area (Å²) in [6.45, 7) is 0. The summed E-state index contributed by atoms with van der Waals surface area (Å²) in [5, 5.41) is 2.50. The van der Waals surface area contributed by atoms with Crippen LogP contribution in [-0.4, -0.2) is 4.57 Å². The van der Waals surface area contributed by atoms with Crippen molar-refractivity contribution in [3.05, 3.63) is 202 Å². The molecule has 0 bridgehead atoms. The fraction of sp³-hybridized carbons (Fsp3) is 0.0417. The minimum Gasteiger partial charge on any atom is -0.313 e. The lowest BCUT2D eigenvalue weighted by Crippen LogP contribution is -2.15. The van der Waals surface area contributed by atoms with E-state index in [2.05, 4.69) is 217 Å². The molecule has 248 valence electrons. The number of hydrogen-bond acceptors (Lipinski definition) is 1. The second kappa shape index (κ2) is 12.7. The van der Waals surface area contributed by atoms with Crippen LogP contribution < -0.4 is 4.90 Å². The molecule has 0 saturated heterocycles. The van der Waals surface area contributed by atoms with Gasteiger partial charge >= 0.3 is 0 Å². The van der Waals surface area contributed by atoms with Gasteiger partial charge in [-0.3, -0.25) is 0 Å². The maximum atomic E-state index is 3.62. The van der Waals surface area contributed by atoms with Crippen LogP contribution in [0, 0.1) is 0 Å². The highest BCUT2D eigenvalue weighted by atomic mass is 79.9. The van der Waals surface area contributed by atoms with Gasteiger partial charge in [-0.1, -0.05) is 117 Å². The molecule has 1 unspecified atom stereocenters. The van der Waals surface area contributed by atoms with E-state index < -0.39 is 0 Å². The van der Waals surface area contributed by atoms with Crippen molar-refractivity contribution in [3.63, 3.8) is 0 Å². The highest BCUT2D eigenvalue weighted by molar-refractivity contribution is 9.10. The van der Waals surface area contributed by atoms with Crippen LogP contribution in [0.4, 0.5) is 11.4 Å². The molecule has 1 aliphatic carbocycles. The van der Waals surface area contributed by atoms with E-state index in [4.69, 9.17) is 0 Å². The Morgan fingerprint density at radius 1 is 0.462 bits per heavy atom. The summed E-state index contributed by atoms with van der Waals surface area (Å²) in [5.74, 6) is 0.260. The Hall–Kier alpha value is -5.42. The summed E-state index contributed by atoms with van der Waals surface area (Å²) in [5.41, 5.74) is 16.3. The van der Waals surface area contributed by atoms with Crippen molar-refractivity contribution < 1.29 is 0 Å². The number of fused-ring (bicyclic) bond motifs is 6. The van der Waals surface area contributed by atoms with Gasteiger partial charge in [0.15, 0.2) is 0 Å². The number of aromatic nitrogens is 1. The van der Waals surface area contributed by atoms with Crippen LogP contribution in [0.1, 0.15) is 23.5 Å². The first-order valence-electron chi connectivity index (χ1n) is 17.6. The lowest BCUT2D eigenvalue weighted by molar-refractivity contribution is 0.832. The third-order valence-electron chi connectivity index (χ3n) is 10.7. The number of allylic oxidation sites excluding steroid dienone is 4. The zero-order chi connectivity index (χ0) is 34.8. The molecule has 4 heteroatoms. The number of benzene rings is 7. The van der Waals surface area contributed by atoms with E-state index in [9.17, 15) is 0 Å². The van der Waals surface area contributed by atoms with Crippen molar-refractivity contribution in [2.75, 3.05) is 4.90 Å². The molecule has 7 aromatic carbocycles.